The fraction of sp³-hybridized carbons (Fsp3) is 0.235. The lowest BCUT2D eigenvalue weighted by atomic mass is 10.1. The highest BCUT2D eigenvalue weighted by atomic mass is 19.4. The van der Waals surface area contributed by atoms with Crippen LogP contribution in [0.1, 0.15) is 22.3 Å². The van der Waals surface area contributed by atoms with E-state index >= 15 is 0 Å². The van der Waals surface area contributed by atoms with Gasteiger partial charge in [-0.25, -0.2) is 0 Å². The molecule has 0 fully saturated rings. The lowest BCUT2D eigenvalue weighted by Gasteiger charge is -2.11. The number of rotatable bonds is 6. The summed E-state index contributed by atoms with van der Waals surface area (Å²) in [4.78, 5) is 22.2. The van der Waals surface area contributed by atoms with Crippen molar-refractivity contribution in [2.75, 3.05) is 12.4 Å². The lowest BCUT2D eigenvalue weighted by molar-refractivity contribution is -0.383. The fourth-order valence-electron chi connectivity index (χ4n) is 2.32. The average Bonchev–Trinajstić information content (AvgIpc) is 2.59. The molecule has 0 unspecified atom stereocenters. The van der Waals surface area contributed by atoms with Crippen molar-refractivity contribution < 1.29 is 22.9 Å². The molecule has 0 aliphatic rings. The number of halogens is 3. The smallest absolute Gasteiger partial charge is 0.355 e. The summed E-state index contributed by atoms with van der Waals surface area (Å²) in [6.07, 6.45) is -5.38. The maximum Gasteiger partial charge on any atom is 0.389 e. The van der Waals surface area contributed by atoms with Gasteiger partial charge in [-0.3, -0.25) is 14.9 Å². The second-order valence-electron chi connectivity index (χ2n) is 5.51. The Bertz CT molecular complexity index is 822. The van der Waals surface area contributed by atoms with Crippen LogP contribution >= 0.6 is 0 Å². The first-order chi connectivity index (χ1) is 12.2. The molecule has 6 nitrogen and oxygen atoms in total. The van der Waals surface area contributed by atoms with Gasteiger partial charge in [0.2, 0.25) is 0 Å². The molecule has 2 rings (SSSR count). The minimum Gasteiger partial charge on any atom is -0.355 e. The maximum atomic E-state index is 12.3. The van der Waals surface area contributed by atoms with Crippen LogP contribution in [0.4, 0.5) is 30.2 Å². The van der Waals surface area contributed by atoms with Gasteiger partial charge in [-0.05, 0) is 36.2 Å². The van der Waals surface area contributed by atoms with Gasteiger partial charge in [0.25, 0.3) is 11.6 Å². The van der Waals surface area contributed by atoms with Crippen LogP contribution in [0.5, 0.6) is 0 Å². The first kappa shape index (κ1) is 19.2. The van der Waals surface area contributed by atoms with Gasteiger partial charge in [0.1, 0.15) is 5.69 Å². The molecule has 0 aliphatic carbocycles. The zero-order chi connectivity index (χ0) is 19.3. The predicted octanol–water partition coefficient (Wildman–Crippen LogP) is 4.19. The van der Waals surface area contributed by atoms with Crippen molar-refractivity contribution in [1.82, 2.24) is 5.32 Å². The Morgan fingerprint density at radius 1 is 1.19 bits per heavy atom. The first-order valence-electron chi connectivity index (χ1n) is 7.63. The van der Waals surface area contributed by atoms with Crippen molar-refractivity contribution in [2.24, 2.45) is 0 Å². The minimum atomic E-state index is -4.25. The van der Waals surface area contributed by atoms with Crippen molar-refractivity contribution in [2.45, 2.75) is 19.0 Å². The van der Waals surface area contributed by atoms with E-state index in [9.17, 15) is 28.1 Å². The molecule has 0 spiro atoms. The number of hydrogen-bond acceptors (Lipinski definition) is 4. The van der Waals surface area contributed by atoms with Gasteiger partial charge in [0, 0.05) is 30.8 Å². The van der Waals surface area contributed by atoms with Gasteiger partial charge < -0.3 is 10.6 Å². The molecule has 9 heteroatoms. The number of carbonyl (C=O) groups is 1. The third kappa shape index (κ3) is 5.20. The zero-order valence-electron chi connectivity index (χ0n) is 13.8. The van der Waals surface area contributed by atoms with Crippen LogP contribution in [0.3, 0.4) is 0 Å². The van der Waals surface area contributed by atoms with Gasteiger partial charge in [0.15, 0.2) is 0 Å². The summed E-state index contributed by atoms with van der Waals surface area (Å²) in [6, 6.07) is 10.1. The predicted molar refractivity (Wildman–Crippen MR) is 90.6 cm³/mol. The van der Waals surface area contributed by atoms with Gasteiger partial charge in [-0.15, -0.1) is 0 Å². The molecule has 0 saturated carbocycles. The van der Waals surface area contributed by atoms with Crippen LogP contribution in [0, 0.1) is 10.1 Å². The molecule has 26 heavy (non-hydrogen) atoms. The Kier molecular flexibility index (Phi) is 5.81. The third-order valence-electron chi connectivity index (χ3n) is 3.59. The van der Waals surface area contributed by atoms with Crippen molar-refractivity contribution in [3.05, 3.63) is 63.7 Å². The van der Waals surface area contributed by atoms with Crippen molar-refractivity contribution in [3.63, 3.8) is 0 Å². The molecule has 2 N–H and O–H groups in total. The molecule has 1 amide bonds. The van der Waals surface area contributed by atoms with Crippen LogP contribution < -0.4 is 10.6 Å². The van der Waals surface area contributed by atoms with E-state index in [0.717, 1.165) is 6.07 Å². The summed E-state index contributed by atoms with van der Waals surface area (Å²) in [6.45, 7) is 0. The molecule has 0 radical (unpaired) electrons. The van der Waals surface area contributed by atoms with Crippen molar-refractivity contribution >= 4 is 23.0 Å². The summed E-state index contributed by atoms with van der Waals surface area (Å²) in [5, 5.41) is 16.5. The number of nitro benzene ring substituents is 1. The second-order valence-corrected chi connectivity index (χ2v) is 5.51. The molecule has 0 heterocycles. The van der Waals surface area contributed by atoms with E-state index in [1.165, 1.54) is 25.2 Å². The van der Waals surface area contributed by atoms with Crippen LogP contribution in [0.15, 0.2) is 42.5 Å². The molecular formula is C17H16F3N3O3. The largest absolute Gasteiger partial charge is 0.389 e. The Morgan fingerprint density at radius 3 is 2.54 bits per heavy atom. The number of benzene rings is 2. The molecule has 2 aromatic carbocycles. The number of nitrogens with zero attached hydrogens (tertiary/aromatic N) is 1. The summed E-state index contributed by atoms with van der Waals surface area (Å²) >= 11 is 0. The van der Waals surface area contributed by atoms with E-state index in [2.05, 4.69) is 10.6 Å². The molecule has 0 saturated heterocycles. The van der Waals surface area contributed by atoms with Crippen molar-refractivity contribution in [1.29, 1.82) is 0 Å². The molecule has 0 atom stereocenters. The molecular weight excluding hydrogens is 351 g/mol. The standard InChI is InChI=1S/C17H16F3N3O3/c1-21-16(24)12-5-6-14(15(10-12)23(25)26)22-13-4-2-3-11(9-13)7-8-17(18,19)20/h2-6,9-10,22H,7-8H2,1H3,(H,21,24). The fourth-order valence-corrected chi connectivity index (χ4v) is 2.32. The van der Waals surface area contributed by atoms with Crippen LogP contribution in [0.2, 0.25) is 0 Å². The zero-order valence-corrected chi connectivity index (χ0v) is 13.8. The molecule has 0 aliphatic heterocycles. The number of hydrogen-bond donors (Lipinski definition) is 2. The average molecular weight is 367 g/mol. The van der Waals surface area contributed by atoms with E-state index < -0.39 is 23.4 Å². The molecule has 138 valence electrons. The van der Waals surface area contributed by atoms with Crippen LogP contribution in [0.25, 0.3) is 0 Å². The molecule has 0 bridgehead atoms. The highest BCUT2D eigenvalue weighted by Crippen LogP contribution is 2.29. The van der Waals surface area contributed by atoms with E-state index in [1.54, 1.807) is 18.2 Å². The number of anilines is 2. The highest BCUT2D eigenvalue weighted by molar-refractivity contribution is 5.95. The quantitative estimate of drug-likeness (QED) is 0.592. The second kappa shape index (κ2) is 7.85. The van der Waals surface area contributed by atoms with Crippen LogP contribution in [-0.2, 0) is 6.42 Å². The summed E-state index contributed by atoms with van der Waals surface area (Å²) in [5.74, 6) is -0.464. The Labute approximate surface area is 147 Å². The highest BCUT2D eigenvalue weighted by Gasteiger charge is 2.26. The van der Waals surface area contributed by atoms with E-state index in [4.69, 9.17) is 0 Å². The van der Waals surface area contributed by atoms with Gasteiger partial charge in [0.05, 0.1) is 4.92 Å². The topological polar surface area (TPSA) is 84.3 Å². The number of nitrogens with one attached hydrogen (secondary N) is 2. The summed E-state index contributed by atoms with van der Waals surface area (Å²) in [5.41, 5.74) is 0.823. The number of carbonyl (C=O) groups excluding carboxylic acids is 1. The molecule has 0 aromatic heterocycles. The van der Waals surface area contributed by atoms with Gasteiger partial charge >= 0.3 is 6.18 Å². The minimum absolute atomic E-state index is 0.128. The van der Waals surface area contributed by atoms with Gasteiger partial charge in [-0.1, -0.05) is 12.1 Å². The number of aryl methyl sites for hydroxylation is 1. The first-order valence-corrected chi connectivity index (χ1v) is 7.63. The third-order valence-corrected chi connectivity index (χ3v) is 3.59. The number of alkyl halides is 3. The normalized spacial score (nSPS) is 11.1. The monoisotopic (exact) mass is 367 g/mol. The number of nitro groups is 1. The van der Waals surface area contributed by atoms with E-state index in [0.29, 0.717) is 11.3 Å². The maximum absolute atomic E-state index is 12.3. The van der Waals surface area contributed by atoms with E-state index in [1.807, 2.05) is 0 Å². The summed E-state index contributed by atoms with van der Waals surface area (Å²) in [7, 11) is 1.41. The van der Waals surface area contributed by atoms with Gasteiger partial charge in [-0.2, -0.15) is 13.2 Å². The lowest BCUT2D eigenvalue weighted by Crippen LogP contribution is -2.17. The SMILES string of the molecule is CNC(=O)c1ccc(Nc2cccc(CCC(F)(F)F)c2)c([N+](=O)[O-])c1. The van der Waals surface area contributed by atoms with E-state index in [-0.39, 0.29) is 23.4 Å². The van der Waals surface area contributed by atoms with Crippen LogP contribution in [-0.4, -0.2) is 24.1 Å². The Morgan fingerprint density at radius 2 is 1.92 bits per heavy atom. The molecule has 2 aromatic rings. The Hall–Kier alpha value is -3.10. The van der Waals surface area contributed by atoms with Crippen molar-refractivity contribution in [3.8, 4) is 0 Å². The Balaban J connectivity index is 2.25. The number of amides is 1. The summed E-state index contributed by atoms with van der Waals surface area (Å²) < 4.78 is 37.0.